The highest BCUT2D eigenvalue weighted by molar-refractivity contribution is 7.89. The maximum Gasteiger partial charge on any atom is 0.238 e. The van der Waals surface area contributed by atoms with Crippen molar-refractivity contribution in [3.8, 4) is 0 Å². The lowest BCUT2D eigenvalue weighted by molar-refractivity contribution is 0.281. The number of sulfonamides is 1. The Balaban J connectivity index is 3.30. The molecule has 0 atom stereocenters. The van der Waals surface area contributed by atoms with Crippen LogP contribution in [0.1, 0.15) is 11.1 Å². The number of hydrogen-bond donors (Lipinski definition) is 2. The Morgan fingerprint density at radius 3 is 2.54 bits per heavy atom. The average molecular weight is 201 g/mol. The second-order valence-corrected chi connectivity index (χ2v) is 4.35. The normalized spacial score (nSPS) is 11.6. The quantitative estimate of drug-likeness (QED) is 0.714. The van der Waals surface area contributed by atoms with E-state index < -0.39 is 10.0 Å². The van der Waals surface area contributed by atoms with Crippen molar-refractivity contribution in [2.45, 2.75) is 18.4 Å². The zero-order valence-corrected chi connectivity index (χ0v) is 8.00. The highest BCUT2D eigenvalue weighted by Crippen LogP contribution is 2.13. The van der Waals surface area contributed by atoms with Crippen molar-refractivity contribution in [3.05, 3.63) is 29.3 Å². The smallest absolute Gasteiger partial charge is 0.238 e. The van der Waals surface area contributed by atoms with Crippen LogP contribution in [0.15, 0.2) is 23.1 Å². The van der Waals surface area contributed by atoms with E-state index >= 15 is 0 Å². The minimum absolute atomic E-state index is 0.0298. The van der Waals surface area contributed by atoms with E-state index in [1.807, 2.05) is 0 Å². The first kappa shape index (κ1) is 10.2. The molecule has 0 saturated carbocycles. The third-order valence-electron chi connectivity index (χ3n) is 1.82. The molecule has 1 rings (SSSR count). The molecule has 5 heteroatoms. The van der Waals surface area contributed by atoms with Gasteiger partial charge in [0.15, 0.2) is 0 Å². The SMILES string of the molecule is Cc1ccc(S(N)(=O)=O)cc1CO. The lowest BCUT2D eigenvalue weighted by Gasteiger charge is -2.04. The Kier molecular flexibility index (Phi) is 2.70. The van der Waals surface area contributed by atoms with Gasteiger partial charge in [-0.05, 0) is 30.2 Å². The van der Waals surface area contributed by atoms with Crippen molar-refractivity contribution < 1.29 is 13.5 Å². The van der Waals surface area contributed by atoms with E-state index in [1.54, 1.807) is 13.0 Å². The van der Waals surface area contributed by atoms with Gasteiger partial charge in [-0.2, -0.15) is 0 Å². The Bertz CT molecular complexity index is 411. The molecule has 0 radical (unpaired) electrons. The monoisotopic (exact) mass is 201 g/mol. The van der Waals surface area contributed by atoms with Crippen LogP contribution in [0.2, 0.25) is 0 Å². The van der Waals surface area contributed by atoms with E-state index in [0.717, 1.165) is 5.56 Å². The molecule has 0 saturated heterocycles. The maximum absolute atomic E-state index is 10.9. The van der Waals surface area contributed by atoms with Gasteiger partial charge in [-0.1, -0.05) is 6.07 Å². The van der Waals surface area contributed by atoms with Crippen LogP contribution < -0.4 is 5.14 Å². The number of benzene rings is 1. The molecule has 0 spiro atoms. The molecule has 3 N–H and O–H groups in total. The minimum Gasteiger partial charge on any atom is -0.392 e. The highest BCUT2D eigenvalue weighted by Gasteiger charge is 2.08. The van der Waals surface area contributed by atoms with Crippen molar-refractivity contribution in [1.82, 2.24) is 0 Å². The van der Waals surface area contributed by atoms with Gasteiger partial charge in [0.2, 0.25) is 10.0 Å². The summed E-state index contributed by atoms with van der Waals surface area (Å²) in [4.78, 5) is 0.0298. The van der Waals surface area contributed by atoms with Crippen LogP contribution in [0.3, 0.4) is 0 Å². The molecule has 1 aromatic carbocycles. The first-order valence-corrected chi connectivity index (χ1v) is 5.23. The van der Waals surface area contributed by atoms with Gasteiger partial charge in [-0.25, -0.2) is 13.6 Å². The Labute approximate surface area is 77.1 Å². The molecule has 0 unspecified atom stereocenters. The topological polar surface area (TPSA) is 80.4 Å². The third-order valence-corrected chi connectivity index (χ3v) is 2.73. The van der Waals surface area contributed by atoms with Gasteiger partial charge in [0.25, 0.3) is 0 Å². The van der Waals surface area contributed by atoms with Crippen LogP contribution in [0.25, 0.3) is 0 Å². The molecule has 0 aliphatic carbocycles. The first-order chi connectivity index (χ1) is 5.95. The molecule has 0 aliphatic rings. The first-order valence-electron chi connectivity index (χ1n) is 3.68. The summed E-state index contributed by atoms with van der Waals surface area (Å²) in [5, 5.41) is 13.8. The summed E-state index contributed by atoms with van der Waals surface area (Å²) < 4.78 is 21.8. The van der Waals surface area contributed by atoms with Crippen LogP contribution in [-0.2, 0) is 16.6 Å². The fourth-order valence-corrected chi connectivity index (χ4v) is 1.56. The Morgan fingerprint density at radius 1 is 1.46 bits per heavy atom. The van der Waals surface area contributed by atoms with Crippen LogP contribution in [0.4, 0.5) is 0 Å². The van der Waals surface area contributed by atoms with Crippen LogP contribution in [0, 0.1) is 6.92 Å². The Hall–Kier alpha value is -0.910. The second kappa shape index (κ2) is 3.45. The largest absolute Gasteiger partial charge is 0.392 e. The summed E-state index contributed by atoms with van der Waals surface area (Å²) in [6, 6.07) is 4.42. The number of aryl methyl sites for hydroxylation is 1. The number of aliphatic hydroxyl groups excluding tert-OH is 1. The molecule has 0 fully saturated rings. The molecule has 13 heavy (non-hydrogen) atoms. The summed E-state index contributed by atoms with van der Waals surface area (Å²) in [6.45, 7) is 1.60. The van der Waals surface area contributed by atoms with Gasteiger partial charge >= 0.3 is 0 Å². The van der Waals surface area contributed by atoms with E-state index in [9.17, 15) is 8.42 Å². The molecule has 0 bridgehead atoms. The molecule has 0 aliphatic heterocycles. The molecule has 0 aromatic heterocycles. The molecular formula is C8H11NO3S. The van der Waals surface area contributed by atoms with Gasteiger partial charge in [0.1, 0.15) is 0 Å². The summed E-state index contributed by atoms with van der Waals surface area (Å²) in [5.41, 5.74) is 1.42. The third kappa shape index (κ3) is 2.27. The van der Waals surface area contributed by atoms with E-state index in [1.165, 1.54) is 12.1 Å². The van der Waals surface area contributed by atoms with E-state index in [2.05, 4.69) is 0 Å². The van der Waals surface area contributed by atoms with Crippen molar-refractivity contribution in [2.75, 3.05) is 0 Å². The second-order valence-electron chi connectivity index (χ2n) is 2.79. The lowest BCUT2D eigenvalue weighted by atomic mass is 10.1. The summed E-state index contributed by atoms with van der Waals surface area (Å²) in [7, 11) is -3.66. The molecule has 0 amide bonds. The molecular weight excluding hydrogens is 190 g/mol. The van der Waals surface area contributed by atoms with Crippen molar-refractivity contribution in [1.29, 1.82) is 0 Å². The summed E-state index contributed by atoms with van der Waals surface area (Å²) in [6.07, 6.45) is 0. The predicted molar refractivity (Wildman–Crippen MR) is 48.5 cm³/mol. The van der Waals surface area contributed by atoms with Crippen molar-refractivity contribution in [3.63, 3.8) is 0 Å². The number of nitrogens with two attached hydrogens (primary N) is 1. The fourth-order valence-electron chi connectivity index (χ4n) is 0.995. The number of primary sulfonamides is 1. The molecule has 1 aromatic rings. The number of hydrogen-bond acceptors (Lipinski definition) is 3. The van der Waals surface area contributed by atoms with Gasteiger partial charge in [0.05, 0.1) is 11.5 Å². The van der Waals surface area contributed by atoms with Crippen molar-refractivity contribution in [2.24, 2.45) is 5.14 Å². The molecule has 4 nitrogen and oxygen atoms in total. The van der Waals surface area contributed by atoms with E-state index in [4.69, 9.17) is 10.2 Å². The Morgan fingerprint density at radius 2 is 2.08 bits per heavy atom. The average Bonchev–Trinajstić information content (AvgIpc) is 2.03. The standard InChI is InChI=1S/C8H11NO3S/c1-6-2-3-8(13(9,11)12)4-7(6)5-10/h2-4,10H,5H2,1H3,(H2,9,11,12). The summed E-state index contributed by atoms with van der Waals surface area (Å²) >= 11 is 0. The molecule has 72 valence electrons. The van der Waals surface area contributed by atoms with E-state index in [0.29, 0.717) is 5.56 Å². The van der Waals surface area contributed by atoms with Crippen molar-refractivity contribution >= 4 is 10.0 Å². The minimum atomic E-state index is -3.66. The van der Waals surface area contributed by atoms with Crippen LogP contribution in [0.5, 0.6) is 0 Å². The fraction of sp³-hybridized carbons (Fsp3) is 0.250. The van der Waals surface area contributed by atoms with Gasteiger partial charge in [-0.3, -0.25) is 0 Å². The lowest BCUT2D eigenvalue weighted by Crippen LogP contribution is -2.12. The highest BCUT2D eigenvalue weighted by atomic mass is 32.2. The molecule has 0 heterocycles. The predicted octanol–water partition coefficient (Wildman–Crippen LogP) is 0.135. The van der Waals surface area contributed by atoms with E-state index in [-0.39, 0.29) is 11.5 Å². The summed E-state index contributed by atoms with van der Waals surface area (Å²) in [5.74, 6) is 0. The van der Waals surface area contributed by atoms with Crippen LogP contribution >= 0.6 is 0 Å². The number of aliphatic hydroxyl groups is 1. The maximum atomic E-state index is 10.9. The zero-order valence-electron chi connectivity index (χ0n) is 7.19. The number of rotatable bonds is 2. The zero-order chi connectivity index (χ0) is 10.1. The van der Waals surface area contributed by atoms with Gasteiger partial charge < -0.3 is 5.11 Å². The van der Waals surface area contributed by atoms with Crippen LogP contribution in [-0.4, -0.2) is 13.5 Å². The van der Waals surface area contributed by atoms with Gasteiger partial charge in [0, 0.05) is 0 Å². The van der Waals surface area contributed by atoms with Gasteiger partial charge in [-0.15, -0.1) is 0 Å².